The third-order valence-corrected chi connectivity index (χ3v) is 20.4. The Labute approximate surface area is 497 Å². The summed E-state index contributed by atoms with van der Waals surface area (Å²) in [5.74, 6) is -0.209. The molecule has 4 aliphatic rings. The van der Waals surface area contributed by atoms with Crippen molar-refractivity contribution in [2.24, 2.45) is 11.8 Å². The monoisotopic (exact) mass is 1160 g/mol. The first-order valence-electron chi connectivity index (χ1n) is 29.1. The Bertz CT molecular complexity index is 3290. The molecule has 0 bridgehead atoms. The molecule has 0 saturated heterocycles. The Kier molecular flexibility index (Phi) is 18.9. The average molecular weight is 1170 g/mol. The Morgan fingerprint density at radius 1 is 0.711 bits per heavy atom. The van der Waals surface area contributed by atoms with Crippen LogP contribution in [-0.4, -0.2) is 97.6 Å². The van der Waals surface area contributed by atoms with Crippen LogP contribution in [0.15, 0.2) is 91.0 Å². The summed E-state index contributed by atoms with van der Waals surface area (Å²) in [5.41, 5.74) is 9.50. The van der Waals surface area contributed by atoms with Gasteiger partial charge in [0.05, 0.1) is 47.7 Å². The molecule has 0 saturated carbocycles. The van der Waals surface area contributed by atoms with Gasteiger partial charge in [-0.05, 0) is 123 Å². The number of carbonyl (C=O) groups excluding carboxylic acids is 6. The molecule has 5 atom stereocenters. The molecule has 17 heteroatoms. The second-order valence-electron chi connectivity index (χ2n) is 23.9. The van der Waals surface area contributed by atoms with E-state index in [2.05, 4.69) is 53.3 Å². The number of aryl methyl sites for hydroxylation is 1. The molecule has 15 nitrogen and oxygen atoms in total. The molecule has 5 aromatic rings. The van der Waals surface area contributed by atoms with Gasteiger partial charge in [-0.25, -0.2) is 0 Å². The van der Waals surface area contributed by atoms with Gasteiger partial charge in [0, 0.05) is 98.0 Å². The maximum atomic E-state index is 14.4. The zero-order valence-electron chi connectivity index (χ0n) is 49.9. The maximum absolute atomic E-state index is 14.4. The van der Waals surface area contributed by atoms with Crippen molar-refractivity contribution in [3.63, 3.8) is 0 Å². The van der Waals surface area contributed by atoms with E-state index in [1.807, 2.05) is 124 Å². The Hall–Kier alpha value is -6.98. The number of ether oxygens (including phenoxy) is 3. The molecule has 9 rings (SSSR count). The van der Waals surface area contributed by atoms with Crippen molar-refractivity contribution in [2.75, 3.05) is 59.2 Å². The quantitative estimate of drug-likeness (QED) is 0.0561. The summed E-state index contributed by atoms with van der Waals surface area (Å²) in [6.07, 6.45) is 4.22. The summed E-state index contributed by atoms with van der Waals surface area (Å²) in [7, 11) is 9.00. The molecule has 0 radical (unpaired) electrons. The van der Waals surface area contributed by atoms with Crippen LogP contribution in [0.1, 0.15) is 136 Å². The van der Waals surface area contributed by atoms with E-state index < -0.39 is 12.0 Å². The number of para-hydroxylation sites is 2. The Morgan fingerprint density at radius 2 is 1.27 bits per heavy atom. The predicted molar refractivity (Wildman–Crippen MR) is 334 cm³/mol. The lowest BCUT2D eigenvalue weighted by Crippen LogP contribution is -2.45. The lowest BCUT2D eigenvalue weighted by Gasteiger charge is -2.26. The number of anilines is 5. The van der Waals surface area contributed by atoms with Gasteiger partial charge in [0.25, 0.3) is 11.8 Å². The van der Waals surface area contributed by atoms with Crippen molar-refractivity contribution in [1.82, 2.24) is 5.32 Å². The first-order valence-corrected chi connectivity index (χ1v) is 31.3. The number of benzene rings is 5. The Morgan fingerprint density at radius 3 is 1.83 bits per heavy atom. The molecule has 4 amide bonds. The Balaban J connectivity index is 0.913. The van der Waals surface area contributed by atoms with Crippen molar-refractivity contribution in [3.8, 4) is 17.2 Å². The molecule has 0 aromatic heterocycles. The van der Waals surface area contributed by atoms with E-state index in [4.69, 9.17) is 14.2 Å². The fraction of sp³-hybridized carbons (Fsp3) is 0.455. The fourth-order valence-corrected chi connectivity index (χ4v) is 14.4. The standard InChI is InChI=1S/C66H80N6O9S2/c1-12-50(73)22-21-42(6)82-83-66(7,8)24-23-61(75)68-62(39(2)3)57(74)26-41(5)63(76)67-47-28-43(37-80-58-33-55-51(25-40(58)4)64(77)71-48(35-69(55)9)30-45-17-13-15-19-53(45)71)27-44(29-47)38-81-60-34-56-52(32-59(60)79-11)65(78)72-49(36-70(56)10)31-46-18-14-16-20-54(46)72/h13-20,25,27-29,32-34,39,41-42,48-49,62H,12,21-24,26,30-31,35-38H2,1-11H3,(H,67,76)(H,68,75)/t41-,42?,48+,49+,62+/m1/s1. The summed E-state index contributed by atoms with van der Waals surface area (Å²) in [6.45, 7) is 17.1. The van der Waals surface area contributed by atoms with Gasteiger partial charge in [-0.1, -0.05) is 92.6 Å². The third kappa shape index (κ3) is 13.8. The van der Waals surface area contributed by atoms with E-state index in [0.29, 0.717) is 77.2 Å². The number of nitrogens with zero attached hydrogens (tertiary/aromatic N) is 4. The van der Waals surface area contributed by atoms with Crippen molar-refractivity contribution in [3.05, 3.63) is 130 Å². The minimum absolute atomic E-state index is 0.00333. The van der Waals surface area contributed by atoms with Crippen molar-refractivity contribution >= 4 is 85.2 Å². The molecule has 4 aliphatic heterocycles. The summed E-state index contributed by atoms with van der Waals surface area (Å²) < 4.78 is 18.9. The number of carbonyl (C=O) groups is 6. The number of fused-ring (bicyclic) bond motifs is 8. The minimum Gasteiger partial charge on any atom is -0.493 e. The highest BCUT2D eigenvalue weighted by Gasteiger charge is 2.41. The third-order valence-electron chi connectivity index (χ3n) is 16.4. The van der Waals surface area contributed by atoms with Crippen LogP contribution in [0.2, 0.25) is 0 Å². The van der Waals surface area contributed by atoms with E-state index in [0.717, 1.165) is 58.7 Å². The van der Waals surface area contributed by atoms with E-state index >= 15 is 0 Å². The van der Waals surface area contributed by atoms with Gasteiger partial charge >= 0.3 is 0 Å². The lowest BCUT2D eigenvalue weighted by atomic mass is 9.92. The molecule has 440 valence electrons. The molecule has 5 aromatic carbocycles. The van der Waals surface area contributed by atoms with E-state index in [9.17, 15) is 28.8 Å². The minimum atomic E-state index is -0.775. The van der Waals surface area contributed by atoms with Crippen LogP contribution in [0, 0.1) is 18.8 Å². The maximum Gasteiger partial charge on any atom is 0.260 e. The van der Waals surface area contributed by atoms with Crippen LogP contribution in [0.5, 0.6) is 17.2 Å². The van der Waals surface area contributed by atoms with Crippen LogP contribution in [0.3, 0.4) is 0 Å². The zero-order valence-corrected chi connectivity index (χ0v) is 51.5. The number of methoxy groups -OCH3 is 1. The number of Topliss-reactive ketones (excluding diaryl/α,β-unsaturated/α-hetero) is 2. The van der Waals surface area contributed by atoms with Crippen LogP contribution >= 0.6 is 21.6 Å². The second kappa shape index (κ2) is 25.9. The number of ketones is 2. The molecule has 1 unspecified atom stereocenters. The smallest absolute Gasteiger partial charge is 0.260 e. The molecule has 4 heterocycles. The molecule has 0 fully saturated rings. The largest absolute Gasteiger partial charge is 0.493 e. The highest BCUT2D eigenvalue weighted by atomic mass is 33.1. The van der Waals surface area contributed by atoms with Gasteiger partial charge in [0.15, 0.2) is 17.3 Å². The number of nitrogens with one attached hydrogen (secondary N) is 2. The second-order valence-corrected chi connectivity index (χ2v) is 27.2. The number of hydrogen-bond acceptors (Lipinski definition) is 13. The van der Waals surface area contributed by atoms with Gasteiger partial charge in [-0.3, -0.25) is 28.8 Å². The van der Waals surface area contributed by atoms with Crippen LogP contribution in [0.25, 0.3) is 0 Å². The molecule has 83 heavy (non-hydrogen) atoms. The van der Waals surface area contributed by atoms with Gasteiger partial charge in [-0.2, -0.15) is 0 Å². The highest BCUT2D eigenvalue weighted by Crippen LogP contribution is 2.45. The van der Waals surface area contributed by atoms with Crippen LogP contribution in [-0.2, 0) is 45.2 Å². The van der Waals surface area contributed by atoms with E-state index in [-0.39, 0.29) is 84.0 Å². The topological polar surface area (TPSA) is 167 Å². The molecular weight excluding hydrogens is 1080 g/mol. The van der Waals surface area contributed by atoms with E-state index in [1.165, 1.54) is 5.56 Å². The summed E-state index contributed by atoms with van der Waals surface area (Å²) in [6, 6.07) is 28.4. The van der Waals surface area contributed by atoms with Crippen LogP contribution in [0.4, 0.5) is 28.4 Å². The zero-order chi connectivity index (χ0) is 59.4. The van der Waals surface area contributed by atoms with Gasteiger partial charge in [0.1, 0.15) is 24.7 Å². The highest BCUT2D eigenvalue weighted by molar-refractivity contribution is 8.77. The average Bonchev–Trinajstić information content (AvgIpc) is 4.18. The fourth-order valence-electron chi connectivity index (χ4n) is 11.7. The van der Waals surface area contributed by atoms with Crippen molar-refractivity contribution in [1.29, 1.82) is 0 Å². The SMILES string of the molecule is CCC(=O)CCC(C)SSC(C)(C)CCC(=O)N[C@H](C(=O)C[C@@H](C)C(=O)Nc1cc(COc2cc3c(cc2C)C(=O)N2c4ccccc4C[C@H]2CN3C)cc(COc2cc3c(cc2OC)C(=O)N2c4ccccc4C[C@H]2CN3C)c1)C(C)C. The van der Waals surface area contributed by atoms with Gasteiger partial charge < -0.3 is 44.4 Å². The number of likely N-dealkylation sites (N-methyl/N-ethyl adjacent to an activating group) is 2. The number of rotatable bonds is 24. The lowest BCUT2D eigenvalue weighted by molar-refractivity contribution is -0.131. The van der Waals surface area contributed by atoms with Crippen LogP contribution < -0.4 is 44.4 Å². The molecular formula is C66H80N6O9S2. The number of amides is 4. The summed E-state index contributed by atoms with van der Waals surface area (Å²) in [4.78, 5) is 90.2. The van der Waals surface area contributed by atoms with Gasteiger partial charge in [0.2, 0.25) is 11.8 Å². The molecule has 0 spiro atoms. The first-order chi connectivity index (χ1) is 39.6. The molecule has 0 aliphatic carbocycles. The van der Waals surface area contributed by atoms with Crippen molar-refractivity contribution in [2.45, 2.75) is 148 Å². The summed E-state index contributed by atoms with van der Waals surface area (Å²) >= 11 is 0. The predicted octanol–water partition coefficient (Wildman–Crippen LogP) is 12.0. The summed E-state index contributed by atoms with van der Waals surface area (Å²) in [5, 5.41) is 6.37. The first kappa shape index (κ1) is 60.6. The number of hydrogen-bond donors (Lipinski definition) is 2. The molecule has 2 N–H and O–H groups in total. The van der Waals surface area contributed by atoms with Crippen molar-refractivity contribution < 1.29 is 43.0 Å². The van der Waals surface area contributed by atoms with Gasteiger partial charge in [-0.15, -0.1) is 0 Å². The normalized spacial score (nSPS) is 17.3. The van der Waals surface area contributed by atoms with E-state index in [1.54, 1.807) is 41.7 Å².